The Bertz CT molecular complexity index is 1050. The van der Waals surface area contributed by atoms with Crippen LogP contribution in [0.4, 0.5) is 5.82 Å². The maximum absolute atomic E-state index is 12.8. The van der Waals surface area contributed by atoms with Crippen molar-refractivity contribution in [2.45, 2.75) is 0 Å². The van der Waals surface area contributed by atoms with Gasteiger partial charge in [0, 0.05) is 36.8 Å². The molecule has 1 aliphatic rings. The molecule has 0 saturated carbocycles. The van der Waals surface area contributed by atoms with Gasteiger partial charge in [-0.2, -0.15) is 0 Å². The SMILES string of the molecule is COc1cccc(-c2ccc(N3CCN(C(=O)c4ccc(Cl)cc4Cl)CC3)nn2)c1. The third kappa shape index (κ3) is 4.35. The van der Waals surface area contributed by atoms with Crippen molar-refractivity contribution < 1.29 is 9.53 Å². The molecule has 1 fully saturated rings. The zero-order valence-electron chi connectivity index (χ0n) is 16.4. The van der Waals surface area contributed by atoms with Gasteiger partial charge in [0.05, 0.1) is 23.4 Å². The lowest BCUT2D eigenvalue weighted by molar-refractivity contribution is 0.0746. The van der Waals surface area contributed by atoms with Crippen molar-refractivity contribution >= 4 is 34.9 Å². The molecule has 0 unspecified atom stereocenters. The minimum Gasteiger partial charge on any atom is -0.497 e. The Morgan fingerprint density at radius 2 is 1.77 bits per heavy atom. The molecule has 2 aromatic carbocycles. The second kappa shape index (κ2) is 8.90. The van der Waals surface area contributed by atoms with E-state index in [0.29, 0.717) is 41.8 Å². The predicted molar refractivity (Wildman–Crippen MR) is 119 cm³/mol. The van der Waals surface area contributed by atoms with Gasteiger partial charge in [-0.05, 0) is 42.5 Å². The summed E-state index contributed by atoms with van der Waals surface area (Å²) in [5.41, 5.74) is 2.20. The van der Waals surface area contributed by atoms with Crippen LogP contribution >= 0.6 is 23.2 Å². The number of hydrogen-bond donors (Lipinski definition) is 0. The first-order valence-electron chi connectivity index (χ1n) is 9.52. The number of benzene rings is 2. The van der Waals surface area contributed by atoms with Crippen LogP contribution in [0.15, 0.2) is 54.6 Å². The largest absolute Gasteiger partial charge is 0.497 e. The number of carbonyl (C=O) groups excluding carboxylic acids is 1. The minimum absolute atomic E-state index is 0.0872. The average molecular weight is 443 g/mol. The van der Waals surface area contributed by atoms with Gasteiger partial charge in [0.25, 0.3) is 5.91 Å². The highest BCUT2D eigenvalue weighted by molar-refractivity contribution is 6.36. The number of aromatic nitrogens is 2. The maximum Gasteiger partial charge on any atom is 0.255 e. The Morgan fingerprint density at radius 1 is 0.967 bits per heavy atom. The highest BCUT2D eigenvalue weighted by Crippen LogP contribution is 2.25. The number of carbonyl (C=O) groups is 1. The van der Waals surface area contributed by atoms with Gasteiger partial charge in [0.1, 0.15) is 5.75 Å². The van der Waals surface area contributed by atoms with Crippen LogP contribution < -0.4 is 9.64 Å². The summed E-state index contributed by atoms with van der Waals surface area (Å²) in [6.07, 6.45) is 0. The number of rotatable bonds is 4. The monoisotopic (exact) mass is 442 g/mol. The lowest BCUT2D eigenvalue weighted by atomic mass is 10.1. The molecule has 1 amide bonds. The first-order valence-corrected chi connectivity index (χ1v) is 10.3. The zero-order chi connectivity index (χ0) is 21.1. The summed E-state index contributed by atoms with van der Waals surface area (Å²) in [7, 11) is 1.64. The third-order valence-electron chi connectivity index (χ3n) is 5.07. The number of halogens is 2. The van der Waals surface area contributed by atoms with Gasteiger partial charge < -0.3 is 14.5 Å². The van der Waals surface area contributed by atoms with E-state index in [9.17, 15) is 4.79 Å². The summed E-state index contributed by atoms with van der Waals surface area (Å²) in [4.78, 5) is 16.7. The lowest BCUT2D eigenvalue weighted by Crippen LogP contribution is -2.49. The van der Waals surface area contributed by atoms with E-state index < -0.39 is 0 Å². The van der Waals surface area contributed by atoms with E-state index in [-0.39, 0.29) is 5.91 Å². The Morgan fingerprint density at radius 3 is 2.43 bits per heavy atom. The number of nitrogens with zero attached hydrogens (tertiary/aromatic N) is 4. The van der Waals surface area contributed by atoms with E-state index in [4.69, 9.17) is 27.9 Å². The molecule has 1 aliphatic heterocycles. The molecule has 4 rings (SSSR count). The smallest absolute Gasteiger partial charge is 0.255 e. The molecule has 0 bridgehead atoms. The number of anilines is 1. The van der Waals surface area contributed by atoms with Crippen molar-refractivity contribution in [3.8, 4) is 17.0 Å². The van der Waals surface area contributed by atoms with Gasteiger partial charge in [-0.1, -0.05) is 35.3 Å². The fourth-order valence-corrected chi connectivity index (χ4v) is 3.89. The Labute approximate surface area is 185 Å². The molecule has 154 valence electrons. The highest BCUT2D eigenvalue weighted by Gasteiger charge is 2.24. The van der Waals surface area contributed by atoms with Crippen LogP contribution in [-0.4, -0.2) is 54.3 Å². The van der Waals surface area contributed by atoms with Crippen LogP contribution in [0.1, 0.15) is 10.4 Å². The van der Waals surface area contributed by atoms with Crippen LogP contribution in [0.25, 0.3) is 11.3 Å². The fourth-order valence-electron chi connectivity index (χ4n) is 3.40. The third-order valence-corrected chi connectivity index (χ3v) is 5.62. The zero-order valence-corrected chi connectivity index (χ0v) is 17.9. The van der Waals surface area contributed by atoms with Crippen molar-refractivity contribution in [1.29, 1.82) is 0 Å². The predicted octanol–water partition coefficient (Wildman–Crippen LogP) is 4.42. The van der Waals surface area contributed by atoms with E-state index in [1.165, 1.54) is 0 Å². The molecule has 0 aliphatic carbocycles. The Kier molecular flexibility index (Phi) is 6.06. The van der Waals surface area contributed by atoms with E-state index >= 15 is 0 Å². The Balaban J connectivity index is 1.41. The van der Waals surface area contributed by atoms with E-state index in [2.05, 4.69) is 15.1 Å². The highest BCUT2D eigenvalue weighted by atomic mass is 35.5. The van der Waals surface area contributed by atoms with E-state index in [0.717, 1.165) is 22.8 Å². The average Bonchev–Trinajstić information content (AvgIpc) is 2.79. The molecular formula is C22H20Cl2N4O2. The second-order valence-corrected chi connectivity index (χ2v) is 7.76. The summed E-state index contributed by atoms with van der Waals surface area (Å²) >= 11 is 12.1. The van der Waals surface area contributed by atoms with Crippen LogP contribution in [0.5, 0.6) is 5.75 Å². The molecule has 3 aromatic rings. The molecule has 6 nitrogen and oxygen atoms in total. The molecule has 8 heteroatoms. The standard InChI is InChI=1S/C22H20Cl2N4O2/c1-30-17-4-2-3-15(13-17)20-7-8-21(26-25-20)27-9-11-28(12-10-27)22(29)18-6-5-16(23)14-19(18)24/h2-8,13-14H,9-12H2,1H3. The van der Waals surface area contributed by atoms with Crippen LogP contribution in [0.3, 0.4) is 0 Å². The maximum atomic E-state index is 12.8. The second-order valence-electron chi connectivity index (χ2n) is 6.91. The first-order chi connectivity index (χ1) is 14.5. The Hall–Kier alpha value is -2.83. The van der Waals surface area contributed by atoms with Gasteiger partial charge >= 0.3 is 0 Å². The minimum atomic E-state index is -0.0872. The molecule has 1 aromatic heterocycles. The number of hydrogen-bond acceptors (Lipinski definition) is 5. The normalized spacial score (nSPS) is 14.0. The number of piperazine rings is 1. The first kappa shape index (κ1) is 20.4. The molecule has 2 heterocycles. The summed E-state index contributed by atoms with van der Waals surface area (Å²) in [6, 6.07) is 16.5. The molecule has 0 spiro atoms. The molecular weight excluding hydrogens is 423 g/mol. The summed E-state index contributed by atoms with van der Waals surface area (Å²) in [5.74, 6) is 1.48. The van der Waals surface area contributed by atoms with Gasteiger partial charge in [-0.15, -0.1) is 10.2 Å². The van der Waals surface area contributed by atoms with Gasteiger partial charge in [0.2, 0.25) is 0 Å². The number of amides is 1. The van der Waals surface area contributed by atoms with Crippen molar-refractivity contribution in [2.24, 2.45) is 0 Å². The summed E-state index contributed by atoms with van der Waals surface area (Å²) in [6.45, 7) is 2.50. The van der Waals surface area contributed by atoms with Crippen LogP contribution in [0.2, 0.25) is 10.0 Å². The lowest BCUT2D eigenvalue weighted by Gasteiger charge is -2.35. The van der Waals surface area contributed by atoms with Gasteiger partial charge in [-0.25, -0.2) is 0 Å². The molecule has 0 N–H and O–H groups in total. The summed E-state index contributed by atoms with van der Waals surface area (Å²) in [5, 5.41) is 9.63. The van der Waals surface area contributed by atoms with Crippen LogP contribution in [0, 0.1) is 0 Å². The number of methoxy groups -OCH3 is 1. The molecule has 30 heavy (non-hydrogen) atoms. The number of ether oxygens (including phenoxy) is 1. The molecule has 0 radical (unpaired) electrons. The fraction of sp³-hybridized carbons (Fsp3) is 0.227. The molecule has 1 saturated heterocycles. The van der Waals surface area contributed by atoms with Crippen molar-refractivity contribution in [2.75, 3.05) is 38.2 Å². The van der Waals surface area contributed by atoms with E-state index in [1.807, 2.05) is 36.4 Å². The van der Waals surface area contributed by atoms with E-state index in [1.54, 1.807) is 30.2 Å². The van der Waals surface area contributed by atoms with Crippen molar-refractivity contribution in [3.63, 3.8) is 0 Å². The topological polar surface area (TPSA) is 58.6 Å². The quantitative estimate of drug-likeness (QED) is 0.598. The summed E-state index contributed by atoms with van der Waals surface area (Å²) < 4.78 is 5.27. The van der Waals surface area contributed by atoms with Crippen molar-refractivity contribution in [3.05, 3.63) is 70.2 Å². The van der Waals surface area contributed by atoms with Crippen LogP contribution in [-0.2, 0) is 0 Å². The van der Waals surface area contributed by atoms with Crippen molar-refractivity contribution in [1.82, 2.24) is 15.1 Å². The van der Waals surface area contributed by atoms with Gasteiger partial charge in [0.15, 0.2) is 5.82 Å². The van der Waals surface area contributed by atoms with Gasteiger partial charge in [-0.3, -0.25) is 4.79 Å². The molecule has 0 atom stereocenters.